The molecular weight excluding hydrogens is 538 g/mol. The minimum Gasteiger partial charge on any atom is -0.372 e. The zero-order valence-corrected chi connectivity index (χ0v) is 25.3. The maximum atomic E-state index is 12.4. The first-order valence-corrected chi connectivity index (χ1v) is 16.3. The number of primary sulfonamides is 1. The Labute approximate surface area is 243 Å². The molecule has 11 heteroatoms. The molecule has 2 aromatic carbocycles. The van der Waals surface area contributed by atoms with Crippen molar-refractivity contribution in [1.82, 2.24) is 15.0 Å². The molecule has 10 nitrogen and oxygen atoms in total. The van der Waals surface area contributed by atoms with Gasteiger partial charge in [0.15, 0.2) is 0 Å². The number of benzene rings is 2. The molecule has 2 aliphatic rings. The lowest BCUT2D eigenvalue weighted by atomic mass is 9.78. The number of morpholine rings is 1. The van der Waals surface area contributed by atoms with Crippen molar-refractivity contribution in [1.29, 1.82) is 0 Å². The van der Waals surface area contributed by atoms with Crippen molar-refractivity contribution >= 4 is 38.6 Å². The lowest BCUT2D eigenvalue weighted by molar-refractivity contribution is -0.00572. The number of fused-ring (bicyclic) bond motifs is 1. The van der Waals surface area contributed by atoms with E-state index in [0.29, 0.717) is 36.1 Å². The van der Waals surface area contributed by atoms with Crippen LogP contribution in [0.1, 0.15) is 58.9 Å². The lowest BCUT2D eigenvalue weighted by Gasteiger charge is -2.35. The number of nitrogens with two attached hydrogens (primary N) is 1. The smallest absolute Gasteiger partial charge is 0.238 e. The number of hydrogen-bond acceptors (Lipinski definition) is 9. The van der Waals surface area contributed by atoms with E-state index in [-0.39, 0.29) is 23.1 Å². The van der Waals surface area contributed by atoms with E-state index in [2.05, 4.69) is 48.2 Å². The van der Waals surface area contributed by atoms with Gasteiger partial charge in [0.05, 0.1) is 17.1 Å². The van der Waals surface area contributed by atoms with Crippen molar-refractivity contribution in [3.8, 4) is 0 Å². The van der Waals surface area contributed by atoms with E-state index in [1.165, 1.54) is 0 Å². The quantitative estimate of drug-likeness (QED) is 0.332. The van der Waals surface area contributed by atoms with Crippen molar-refractivity contribution in [2.45, 2.75) is 82.9 Å². The summed E-state index contributed by atoms with van der Waals surface area (Å²) >= 11 is 0. The van der Waals surface area contributed by atoms with Gasteiger partial charge in [-0.05, 0) is 94.0 Å². The molecule has 1 saturated carbocycles. The largest absolute Gasteiger partial charge is 0.372 e. The van der Waals surface area contributed by atoms with Crippen molar-refractivity contribution in [3.05, 3.63) is 42.0 Å². The highest BCUT2D eigenvalue weighted by molar-refractivity contribution is 7.89. The topological polar surface area (TPSA) is 135 Å². The molecule has 0 bridgehead atoms. The highest BCUT2D eigenvalue weighted by Crippen LogP contribution is 2.35. The zero-order valence-electron chi connectivity index (χ0n) is 24.5. The summed E-state index contributed by atoms with van der Waals surface area (Å²) in [5.41, 5.74) is 0.849. The van der Waals surface area contributed by atoms with Gasteiger partial charge in [0.1, 0.15) is 0 Å². The van der Waals surface area contributed by atoms with Crippen molar-refractivity contribution in [2.24, 2.45) is 17.0 Å². The molecule has 2 atom stereocenters. The third-order valence-electron chi connectivity index (χ3n) is 8.06. The van der Waals surface area contributed by atoms with E-state index in [9.17, 15) is 8.42 Å². The molecule has 1 aliphatic carbocycles. The highest BCUT2D eigenvalue weighted by atomic mass is 32.2. The average Bonchev–Trinajstić information content (AvgIpc) is 2.91. The van der Waals surface area contributed by atoms with Gasteiger partial charge < -0.3 is 20.3 Å². The zero-order chi connectivity index (χ0) is 29.1. The van der Waals surface area contributed by atoms with Gasteiger partial charge in [-0.15, -0.1) is 0 Å². The first-order valence-electron chi connectivity index (χ1n) is 14.8. The molecule has 41 heavy (non-hydrogen) atoms. The Morgan fingerprint density at radius 3 is 2.29 bits per heavy atom. The summed E-state index contributed by atoms with van der Waals surface area (Å²) < 4.78 is 30.7. The molecule has 1 aliphatic heterocycles. The van der Waals surface area contributed by atoms with Gasteiger partial charge in [-0.2, -0.15) is 15.0 Å². The third-order valence-corrected chi connectivity index (χ3v) is 9.05. The number of nitrogens with one attached hydrogen (secondary N) is 2. The van der Waals surface area contributed by atoms with Gasteiger partial charge in [-0.25, -0.2) is 13.6 Å². The van der Waals surface area contributed by atoms with Gasteiger partial charge in [0.25, 0.3) is 0 Å². The van der Waals surface area contributed by atoms with Crippen LogP contribution in [0, 0.1) is 11.8 Å². The molecule has 1 aromatic heterocycles. The number of rotatable bonds is 9. The second kappa shape index (κ2) is 12.5. The van der Waals surface area contributed by atoms with Crippen LogP contribution in [0.25, 0.3) is 10.8 Å². The average molecular weight is 582 g/mol. The minimum atomic E-state index is -3.80. The second-order valence-electron chi connectivity index (χ2n) is 12.0. The molecule has 222 valence electrons. The fourth-order valence-electron chi connectivity index (χ4n) is 6.21. The van der Waals surface area contributed by atoms with Crippen LogP contribution >= 0.6 is 0 Å². The van der Waals surface area contributed by atoms with Gasteiger partial charge in [0.2, 0.25) is 27.9 Å². The highest BCUT2D eigenvalue weighted by Gasteiger charge is 2.27. The van der Waals surface area contributed by atoms with E-state index in [4.69, 9.17) is 19.8 Å². The Morgan fingerprint density at radius 1 is 0.951 bits per heavy atom. The van der Waals surface area contributed by atoms with Crippen molar-refractivity contribution < 1.29 is 13.2 Å². The summed E-state index contributed by atoms with van der Waals surface area (Å²) in [5.74, 6) is 2.72. The maximum Gasteiger partial charge on any atom is 0.238 e. The predicted molar refractivity (Wildman–Crippen MR) is 164 cm³/mol. The van der Waals surface area contributed by atoms with Crippen molar-refractivity contribution in [2.75, 3.05) is 35.2 Å². The normalized spacial score (nSPS) is 23.6. The summed E-state index contributed by atoms with van der Waals surface area (Å²) in [4.78, 5) is 16.6. The molecular formula is C30H43N7O3S. The van der Waals surface area contributed by atoms with E-state index in [0.717, 1.165) is 61.7 Å². The predicted octanol–water partition coefficient (Wildman–Crippen LogP) is 4.57. The number of aromatic nitrogens is 3. The number of ether oxygens (including phenoxy) is 1. The van der Waals surface area contributed by atoms with Crippen LogP contribution < -0.4 is 20.7 Å². The van der Waals surface area contributed by atoms with Crippen LogP contribution in [0.15, 0.2) is 41.3 Å². The maximum absolute atomic E-state index is 12.4. The summed E-state index contributed by atoms with van der Waals surface area (Å²) in [6, 6.07) is 11.6. The Balaban J connectivity index is 1.24. The van der Waals surface area contributed by atoms with Gasteiger partial charge in [-0.3, -0.25) is 0 Å². The molecule has 1 saturated heterocycles. The van der Waals surface area contributed by atoms with Crippen LogP contribution in [-0.4, -0.2) is 61.3 Å². The second-order valence-corrected chi connectivity index (χ2v) is 13.6. The van der Waals surface area contributed by atoms with E-state index in [1.807, 2.05) is 30.3 Å². The van der Waals surface area contributed by atoms with E-state index < -0.39 is 10.0 Å². The van der Waals surface area contributed by atoms with Gasteiger partial charge >= 0.3 is 0 Å². The molecule has 3 aromatic rings. The molecule has 0 radical (unpaired) electrons. The third kappa shape index (κ3) is 7.44. The first-order chi connectivity index (χ1) is 19.5. The minimum absolute atomic E-state index is 0.110. The Kier molecular flexibility index (Phi) is 8.96. The van der Waals surface area contributed by atoms with Crippen LogP contribution in [0.3, 0.4) is 0 Å². The molecule has 5 rings (SSSR count). The number of anilines is 3. The first kappa shape index (κ1) is 29.5. The SMILES string of the molecule is CC(C)Nc1nc(NCC2CCC(Cc3c(S(N)(=O)=O)ccc4ccccc34)CC2)nc(N2C[C@@H](C)O[C@@H](C)C2)n1. The van der Waals surface area contributed by atoms with Crippen LogP contribution in [0.5, 0.6) is 0 Å². The standard InChI is InChI=1S/C30H43N7O3S/c1-19(2)33-29-34-28(35-30(36-29)37-17-20(3)40-21(4)18-37)32-16-23-11-9-22(10-12-23)15-26-25-8-6-5-7-24(25)13-14-27(26)41(31,38)39/h5-8,13-14,19-23H,9-12,15-18H2,1-4H3,(H2,31,38,39)(H2,32,33,34,35,36)/t20-,21+,22?,23?. The van der Waals surface area contributed by atoms with Crippen LogP contribution in [-0.2, 0) is 21.2 Å². The van der Waals surface area contributed by atoms with Crippen LogP contribution in [0.2, 0.25) is 0 Å². The molecule has 2 fully saturated rings. The fraction of sp³-hybridized carbons (Fsp3) is 0.567. The van der Waals surface area contributed by atoms with Crippen molar-refractivity contribution in [3.63, 3.8) is 0 Å². The molecule has 0 unspecified atom stereocenters. The Bertz CT molecular complexity index is 1450. The molecule has 4 N–H and O–H groups in total. The Hall–Kier alpha value is -3.02. The molecule has 2 heterocycles. The summed E-state index contributed by atoms with van der Waals surface area (Å²) in [6.45, 7) is 10.5. The fourth-order valence-corrected chi connectivity index (χ4v) is 7.00. The molecule has 0 amide bonds. The number of nitrogens with zero attached hydrogens (tertiary/aromatic N) is 4. The van der Waals surface area contributed by atoms with Crippen LogP contribution in [0.4, 0.5) is 17.8 Å². The van der Waals surface area contributed by atoms with E-state index >= 15 is 0 Å². The summed E-state index contributed by atoms with van der Waals surface area (Å²) in [5, 5.41) is 14.4. The lowest BCUT2D eigenvalue weighted by Crippen LogP contribution is -2.46. The summed E-state index contributed by atoms with van der Waals surface area (Å²) in [7, 11) is -3.80. The molecule has 0 spiro atoms. The van der Waals surface area contributed by atoms with E-state index in [1.54, 1.807) is 6.07 Å². The van der Waals surface area contributed by atoms with Gasteiger partial charge in [0, 0.05) is 25.7 Å². The Morgan fingerprint density at radius 2 is 1.61 bits per heavy atom. The number of hydrogen-bond donors (Lipinski definition) is 3. The summed E-state index contributed by atoms with van der Waals surface area (Å²) in [6.07, 6.45) is 5.11. The number of sulfonamides is 1. The monoisotopic (exact) mass is 581 g/mol. The van der Waals surface area contributed by atoms with Gasteiger partial charge in [-0.1, -0.05) is 30.3 Å².